The number of benzene rings is 2. The van der Waals surface area contributed by atoms with Gasteiger partial charge in [-0.3, -0.25) is 4.90 Å². The maximum atomic E-state index is 12.3. The Morgan fingerprint density at radius 1 is 1.07 bits per heavy atom. The normalized spacial score (nSPS) is 14.4. The van der Waals surface area contributed by atoms with Gasteiger partial charge in [-0.1, -0.05) is 36.4 Å². The van der Waals surface area contributed by atoms with Crippen LogP contribution in [-0.2, 0) is 24.2 Å². The fourth-order valence-corrected chi connectivity index (χ4v) is 3.26. The molecule has 27 heavy (non-hydrogen) atoms. The van der Waals surface area contributed by atoms with Crippen LogP contribution in [0.4, 0.5) is 8.78 Å². The molecule has 2 aromatic rings. The molecule has 1 aliphatic heterocycles. The van der Waals surface area contributed by atoms with Crippen LogP contribution >= 0.6 is 0 Å². The Morgan fingerprint density at radius 3 is 2.33 bits per heavy atom. The van der Waals surface area contributed by atoms with Crippen LogP contribution in [0.1, 0.15) is 28.7 Å². The molecule has 142 valence electrons. The molecule has 0 N–H and O–H groups in total. The molecule has 0 atom stereocenters. The van der Waals surface area contributed by atoms with Crippen LogP contribution in [0, 0.1) is 0 Å². The molecule has 0 saturated carbocycles. The van der Waals surface area contributed by atoms with Crippen molar-refractivity contribution in [1.29, 1.82) is 0 Å². The van der Waals surface area contributed by atoms with E-state index in [4.69, 9.17) is 4.74 Å². The molecule has 0 aliphatic carbocycles. The van der Waals surface area contributed by atoms with Gasteiger partial charge in [-0.25, -0.2) is 8.78 Å². The number of hydrogen-bond acceptors (Lipinski definition) is 4. The Hall–Kier alpha value is -2.60. The summed E-state index contributed by atoms with van der Waals surface area (Å²) in [5.41, 5.74) is 4.65. The van der Waals surface area contributed by atoms with E-state index in [0.29, 0.717) is 5.56 Å². The molecule has 0 saturated heterocycles. The second-order valence-corrected chi connectivity index (χ2v) is 6.53. The van der Waals surface area contributed by atoms with Gasteiger partial charge in [-0.15, -0.1) is 5.10 Å². The first-order valence-electron chi connectivity index (χ1n) is 8.99. The summed E-state index contributed by atoms with van der Waals surface area (Å²) >= 11 is 0. The summed E-state index contributed by atoms with van der Waals surface area (Å²) in [6.45, 7) is 5.62. The summed E-state index contributed by atoms with van der Waals surface area (Å²) in [5.74, 6) is 0.0617. The molecule has 0 bridgehead atoms. The average molecular weight is 371 g/mol. The zero-order chi connectivity index (χ0) is 19.1. The lowest BCUT2D eigenvalue weighted by molar-refractivity contribution is 0.0765. The summed E-state index contributed by atoms with van der Waals surface area (Å²) < 4.78 is 29.7. The minimum atomic E-state index is -2.56. The second kappa shape index (κ2) is 9.37. The van der Waals surface area contributed by atoms with Crippen molar-refractivity contribution in [2.75, 3.05) is 13.2 Å². The molecule has 6 heteroatoms. The molecule has 1 aliphatic rings. The van der Waals surface area contributed by atoms with Crippen LogP contribution in [0.3, 0.4) is 0 Å². The molecule has 0 unspecified atom stereocenters. The number of aryl methyl sites for hydroxylation is 1. The molecule has 0 fully saturated rings. The smallest absolute Gasteiger partial charge is 0.272 e. The van der Waals surface area contributed by atoms with Gasteiger partial charge < -0.3 is 4.74 Å². The van der Waals surface area contributed by atoms with Crippen LogP contribution < -0.4 is 0 Å². The molecule has 0 radical (unpaired) electrons. The van der Waals surface area contributed by atoms with Crippen LogP contribution in [-0.4, -0.2) is 37.1 Å². The molecule has 0 spiro atoms. The van der Waals surface area contributed by atoms with Gasteiger partial charge in [0.15, 0.2) is 6.61 Å². The molecule has 3 rings (SSSR count). The Labute approximate surface area is 158 Å². The predicted molar refractivity (Wildman–Crippen MR) is 103 cm³/mol. The number of alkyl halides is 2. The Kier molecular flexibility index (Phi) is 6.65. The fourth-order valence-electron chi connectivity index (χ4n) is 3.26. The van der Waals surface area contributed by atoms with Gasteiger partial charge in [0.25, 0.3) is 6.43 Å². The topological polar surface area (TPSA) is 37.2 Å². The monoisotopic (exact) mass is 371 g/mol. The zero-order valence-corrected chi connectivity index (χ0v) is 15.2. The highest BCUT2D eigenvalue weighted by Crippen LogP contribution is 2.22. The standard InChI is InChI=1S/C21H23F2N3O/c1-24-25-21(27-15-20(22)23)17-10-8-16(9-11-17)5-4-12-26-13-18-6-2-3-7-19(18)14-26/h2-3,6-11,20H,1,4-5,12-15H2/b25-21-. The van der Waals surface area contributed by atoms with Crippen molar-refractivity contribution in [2.24, 2.45) is 10.2 Å². The lowest BCUT2D eigenvalue weighted by Crippen LogP contribution is -2.18. The van der Waals surface area contributed by atoms with Gasteiger partial charge >= 0.3 is 0 Å². The number of ether oxygens (including phenoxy) is 1. The van der Waals surface area contributed by atoms with E-state index in [-0.39, 0.29) is 5.90 Å². The molecule has 2 aromatic carbocycles. The highest BCUT2D eigenvalue weighted by atomic mass is 19.3. The van der Waals surface area contributed by atoms with Gasteiger partial charge in [0.05, 0.1) is 0 Å². The van der Waals surface area contributed by atoms with Crippen LogP contribution in [0.2, 0.25) is 0 Å². The molecule has 0 amide bonds. The number of rotatable bonds is 8. The van der Waals surface area contributed by atoms with E-state index in [0.717, 1.165) is 32.5 Å². The number of nitrogens with zero attached hydrogens (tertiary/aromatic N) is 3. The van der Waals surface area contributed by atoms with Crippen molar-refractivity contribution in [3.05, 3.63) is 70.8 Å². The van der Waals surface area contributed by atoms with E-state index < -0.39 is 13.0 Å². The maximum Gasteiger partial charge on any atom is 0.272 e. The fraction of sp³-hybridized carbons (Fsp3) is 0.333. The largest absolute Gasteiger partial charge is 0.470 e. The van der Waals surface area contributed by atoms with Crippen molar-refractivity contribution in [3.63, 3.8) is 0 Å². The predicted octanol–water partition coefficient (Wildman–Crippen LogP) is 4.28. The summed E-state index contributed by atoms with van der Waals surface area (Å²) in [6, 6.07) is 16.1. The summed E-state index contributed by atoms with van der Waals surface area (Å²) in [6.07, 6.45) is -0.544. The zero-order valence-electron chi connectivity index (χ0n) is 15.2. The summed E-state index contributed by atoms with van der Waals surface area (Å²) in [5, 5.41) is 7.08. The molecular weight excluding hydrogens is 348 g/mol. The van der Waals surface area contributed by atoms with E-state index >= 15 is 0 Å². The second-order valence-electron chi connectivity index (χ2n) is 6.53. The van der Waals surface area contributed by atoms with Crippen molar-refractivity contribution in [1.82, 2.24) is 4.90 Å². The van der Waals surface area contributed by atoms with Crippen LogP contribution in [0.5, 0.6) is 0 Å². The molecule has 4 nitrogen and oxygen atoms in total. The van der Waals surface area contributed by atoms with Gasteiger partial charge in [0, 0.05) is 25.4 Å². The minimum absolute atomic E-state index is 0.0617. The quantitative estimate of drug-likeness (QED) is 0.395. The highest BCUT2D eigenvalue weighted by molar-refractivity contribution is 5.94. The van der Waals surface area contributed by atoms with E-state index in [1.165, 1.54) is 16.7 Å². The van der Waals surface area contributed by atoms with Crippen LogP contribution in [0.15, 0.2) is 58.7 Å². The molecule has 0 aromatic heterocycles. The van der Waals surface area contributed by atoms with Crippen molar-refractivity contribution >= 4 is 12.6 Å². The Balaban J connectivity index is 1.49. The van der Waals surface area contributed by atoms with E-state index in [2.05, 4.69) is 46.1 Å². The van der Waals surface area contributed by atoms with Gasteiger partial charge in [0.2, 0.25) is 5.90 Å². The van der Waals surface area contributed by atoms with E-state index in [1.54, 1.807) is 0 Å². The maximum absolute atomic E-state index is 12.3. The van der Waals surface area contributed by atoms with Crippen molar-refractivity contribution < 1.29 is 13.5 Å². The molecule has 1 heterocycles. The van der Waals surface area contributed by atoms with E-state index in [9.17, 15) is 8.78 Å². The SMILES string of the molecule is C=N/N=C(\OCC(F)F)c1ccc(CCCN2Cc3ccccc3C2)cc1. The lowest BCUT2D eigenvalue weighted by Gasteiger charge is -2.14. The third-order valence-electron chi connectivity index (χ3n) is 4.55. The third-order valence-corrected chi connectivity index (χ3v) is 4.55. The first-order chi connectivity index (χ1) is 13.2. The van der Waals surface area contributed by atoms with Crippen molar-refractivity contribution in [3.8, 4) is 0 Å². The van der Waals surface area contributed by atoms with Gasteiger partial charge in [-0.2, -0.15) is 5.10 Å². The van der Waals surface area contributed by atoms with Gasteiger partial charge in [-0.05, 0) is 48.2 Å². The average Bonchev–Trinajstić information content (AvgIpc) is 3.08. The lowest BCUT2D eigenvalue weighted by atomic mass is 10.1. The first-order valence-corrected chi connectivity index (χ1v) is 8.99. The Morgan fingerprint density at radius 2 is 1.74 bits per heavy atom. The van der Waals surface area contributed by atoms with Crippen LogP contribution in [0.25, 0.3) is 0 Å². The number of hydrogen-bond donors (Lipinski definition) is 0. The summed E-state index contributed by atoms with van der Waals surface area (Å²) in [7, 11) is 0. The summed E-state index contributed by atoms with van der Waals surface area (Å²) in [4.78, 5) is 2.46. The van der Waals surface area contributed by atoms with E-state index in [1.807, 2.05) is 24.3 Å². The third kappa shape index (κ3) is 5.44. The minimum Gasteiger partial charge on any atom is -0.470 e. The van der Waals surface area contributed by atoms with Crippen molar-refractivity contribution in [2.45, 2.75) is 32.4 Å². The number of fused-ring (bicyclic) bond motifs is 1. The first kappa shape index (κ1) is 19.2. The highest BCUT2D eigenvalue weighted by Gasteiger charge is 2.17. The number of halogens is 2. The van der Waals surface area contributed by atoms with Gasteiger partial charge in [0.1, 0.15) is 0 Å². The Bertz CT molecular complexity index is 765. The molecular formula is C21H23F2N3O.